The molecule has 0 fully saturated rings. The molecule has 26 heavy (non-hydrogen) atoms. The summed E-state index contributed by atoms with van der Waals surface area (Å²) in [5.41, 5.74) is -0.603. The third-order valence-electron chi connectivity index (χ3n) is 3.54. The highest BCUT2D eigenvalue weighted by Gasteiger charge is 2.40. The summed E-state index contributed by atoms with van der Waals surface area (Å²) in [4.78, 5) is 41.7. The van der Waals surface area contributed by atoms with Crippen molar-refractivity contribution >= 4 is 18.2 Å². The molecule has 0 aromatic carbocycles. The maximum absolute atomic E-state index is 12.5. The summed E-state index contributed by atoms with van der Waals surface area (Å²) in [6.07, 6.45) is -0.118. The number of amides is 1. The maximum Gasteiger partial charge on any atom is 0.420 e. The summed E-state index contributed by atoms with van der Waals surface area (Å²) in [5.74, 6) is -1.16. The molecule has 1 aromatic rings. The number of carbonyl (C=O) groups is 3. The Bertz CT molecular complexity index is 726. The largest absolute Gasteiger partial charge is 0.480 e. The van der Waals surface area contributed by atoms with Crippen LogP contribution in [0.15, 0.2) is 6.33 Å². The van der Waals surface area contributed by atoms with Crippen molar-refractivity contribution in [1.82, 2.24) is 14.5 Å². The molecule has 0 saturated heterocycles. The van der Waals surface area contributed by atoms with Crippen molar-refractivity contribution in [2.45, 2.75) is 71.8 Å². The molecular weight excluding hydrogens is 342 g/mol. The fourth-order valence-electron chi connectivity index (χ4n) is 2.51. The molecule has 0 radical (unpaired) electrons. The lowest BCUT2D eigenvalue weighted by Crippen LogP contribution is -2.50. The predicted octanol–water partition coefficient (Wildman–Crippen LogP) is 2.41. The van der Waals surface area contributed by atoms with Gasteiger partial charge in [-0.05, 0) is 41.5 Å². The molecule has 1 unspecified atom stereocenters. The average Bonchev–Trinajstić information content (AvgIpc) is 2.84. The second-order valence-electron chi connectivity index (χ2n) is 8.15. The Morgan fingerprint density at radius 1 is 1.08 bits per heavy atom. The zero-order valence-electron chi connectivity index (χ0n) is 15.9. The minimum atomic E-state index is -1.16. The number of rotatable bonds is 1. The van der Waals surface area contributed by atoms with E-state index in [9.17, 15) is 19.5 Å². The van der Waals surface area contributed by atoms with Crippen molar-refractivity contribution in [1.29, 1.82) is 0 Å². The number of carboxylic acids is 1. The molecule has 0 spiro atoms. The Kier molecular flexibility index (Phi) is 5.03. The van der Waals surface area contributed by atoms with Crippen LogP contribution in [-0.2, 0) is 27.2 Å². The average molecular weight is 367 g/mol. The number of imidazole rings is 1. The van der Waals surface area contributed by atoms with Crippen LogP contribution < -0.4 is 0 Å². The Balaban J connectivity index is 2.33. The van der Waals surface area contributed by atoms with Gasteiger partial charge >= 0.3 is 18.2 Å². The predicted molar refractivity (Wildman–Crippen MR) is 90.8 cm³/mol. The minimum absolute atomic E-state index is 0.0142. The van der Waals surface area contributed by atoms with Gasteiger partial charge in [-0.1, -0.05) is 0 Å². The van der Waals surface area contributed by atoms with E-state index in [1.165, 1.54) is 10.9 Å². The molecular formula is C17H25N3O6. The smallest absolute Gasteiger partial charge is 0.420 e. The number of carboxylic acid groups (broad SMARTS) is 1. The van der Waals surface area contributed by atoms with Gasteiger partial charge in [-0.3, -0.25) is 4.90 Å². The Morgan fingerprint density at radius 2 is 1.62 bits per heavy atom. The van der Waals surface area contributed by atoms with Gasteiger partial charge in [-0.15, -0.1) is 0 Å². The number of hydrogen-bond donors (Lipinski definition) is 1. The Labute approximate surface area is 151 Å². The zero-order valence-corrected chi connectivity index (χ0v) is 15.9. The highest BCUT2D eigenvalue weighted by molar-refractivity contribution is 5.81. The Hall–Kier alpha value is -2.58. The molecule has 2 heterocycles. The van der Waals surface area contributed by atoms with Crippen LogP contribution in [-0.4, -0.2) is 55.0 Å². The molecule has 9 nitrogen and oxygen atoms in total. The second kappa shape index (κ2) is 6.62. The lowest BCUT2D eigenvalue weighted by atomic mass is 10.0. The number of fused-ring (bicyclic) bond motifs is 1. The molecule has 1 aromatic heterocycles. The van der Waals surface area contributed by atoms with E-state index in [0.717, 1.165) is 4.90 Å². The van der Waals surface area contributed by atoms with E-state index in [1.54, 1.807) is 41.5 Å². The van der Waals surface area contributed by atoms with E-state index in [-0.39, 0.29) is 13.0 Å². The van der Waals surface area contributed by atoms with Gasteiger partial charge in [0.15, 0.2) is 0 Å². The molecule has 0 aliphatic carbocycles. The van der Waals surface area contributed by atoms with E-state index in [0.29, 0.717) is 11.4 Å². The van der Waals surface area contributed by atoms with Crippen LogP contribution in [0.1, 0.15) is 52.9 Å². The highest BCUT2D eigenvalue weighted by Crippen LogP contribution is 2.25. The first kappa shape index (κ1) is 19.7. The van der Waals surface area contributed by atoms with Crippen LogP contribution in [0, 0.1) is 0 Å². The SMILES string of the molecule is CC(C)(C)OC(=O)N1Cc2c(ncn2C(=O)OC(C)(C)C)CC1C(=O)O. The number of aromatic nitrogens is 2. The Morgan fingerprint density at radius 3 is 2.12 bits per heavy atom. The molecule has 1 atom stereocenters. The van der Waals surface area contributed by atoms with Gasteiger partial charge in [-0.25, -0.2) is 23.9 Å². The van der Waals surface area contributed by atoms with Crippen LogP contribution in [0.3, 0.4) is 0 Å². The molecule has 0 bridgehead atoms. The maximum atomic E-state index is 12.5. The summed E-state index contributed by atoms with van der Waals surface area (Å²) < 4.78 is 11.8. The number of ether oxygens (including phenoxy) is 2. The summed E-state index contributed by atoms with van der Waals surface area (Å²) in [5, 5.41) is 9.47. The molecule has 1 amide bonds. The lowest BCUT2D eigenvalue weighted by Gasteiger charge is -2.34. The van der Waals surface area contributed by atoms with Crippen molar-refractivity contribution < 1.29 is 29.0 Å². The fraction of sp³-hybridized carbons (Fsp3) is 0.647. The van der Waals surface area contributed by atoms with Crippen molar-refractivity contribution in [2.24, 2.45) is 0 Å². The number of carbonyl (C=O) groups excluding carboxylic acids is 2. The van der Waals surface area contributed by atoms with Gasteiger partial charge in [-0.2, -0.15) is 0 Å². The van der Waals surface area contributed by atoms with Crippen LogP contribution in [0.5, 0.6) is 0 Å². The van der Waals surface area contributed by atoms with E-state index in [2.05, 4.69) is 4.98 Å². The van der Waals surface area contributed by atoms with Crippen LogP contribution in [0.4, 0.5) is 9.59 Å². The quantitative estimate of drug-likeness (QED) is 0.811. The van der Waals surface area contributed by atoms with E-state index in [4.69, 9.17) is 9.47 Å². The van der Waals surface area contributed by atoms with Gasteiger partial charge in [0.1, 0.15) is 23.6 Å². The first-order valence-electron chi connectivity index (χ1n) is 8.29. The second-order valence-corrected chi connectivity index (χ2v) is 8.15. The van der Waals surface area contributed by atoms with Crippen molar-refractivity contribution in [3.63, 3.8) is 0 Å². The van der Waals surface area contributed by atoms with Crippen molar-refractivity contribution in [3.05, 3.63) is 17.7 Å². The summed E-state index contributed by atoms with van der Waals surface area (Å²) >= 11 is 0. The van der Waals surface area contributed by atoms with E-state index < -0.39 is 35.4 Å². The molecule has 2 rings (SSSR count). The molecule has 144 valence electrons. The third-order valence-corrected chi connectivity index (χ3v) is 3.54. The van der Waals surface area contributed by atoms with Crippen molar-refractivity contribution in [2.75, 3.05) is 0 Å². The van der Waals surface area contributed by atoms with Crippen molar-refractivity contribution in [3.8, 4) is 0 Å². The molecule has 0 saturated carbocycles. The number of hydrogen-bond acceptors (Lipinski definition) is 6. The monoisotopic (exact) mass is 367 g/mol. The number of nitrogens with zero attached hydrogens (tertiary/aromatic N) is 3. The van der Waals surface area contributed by atoms with Gasteiger partial charge in [0, 0.05) is 6.42 Å². The van der Waals surface area contributed by atoms with E-state index in [1.807, 2.05) is 0 Å². The first-order chi connectivity index (χ1) is 11.8. The molecule has 9 heteroatoms. The lowest BCUT2D eigenvalue weighted by molar-refractivity contribution is -0.143. The van der Waals surface area contributed by atoms with E-state index >= 15 is 0 Å². The van der Waals surface area contributed by atoms with Gasteiger partial charge in [0.05, 0.1) is 17.9 Å². The first-order valence-corrected chi connectivity index (χ1v) is 8.29. The van der Waals surface area contributed by atoms with Gasteiger partial charge in [0.2, 0.25) is 0 Å². The van der Waals surface area contributed by atoms with Crippen LogP contribution in [0.25, 0.3) is 0 Å². The summed E-state index contributed by atoms with van der Waals surface area (Å²) in [6.45, 7) is 10.2. The minimum Gasteiger partial charge on any atom is -0.480 e. The molecule has 1 N–H and O–H groups in total. The topological polar surface area (TPSA) is 111 Å². The van der Waals surface area contributed by atoms with Gasteiger partial charge < -0.3 is 14.6 Å². The standard InChI is InChI=1S/C17H25N3O6/c1-16(2,3)25-14(23)19-8-12-10(7-11(19)13(21)22)18-9-20(12)15(24)26-17(4,5)6/h9,11H,7-8H2,1-6H3,(H,21,22). The molecule has 1 aliphatic rings. The van der Waals surface area contributed by atoms with Crippen LogP contribution in [0.2, 0.25) is 0 Å². The molecule has 1 aliphatic heterocycles. The zero-order chi connectivity index (χ0) is 19.9. The highest BCUT2D eigenvalue weighted by atomic mass is 16.6. The summed E-state index contributed by atoms with van der Waals surface area (Å²) in [7, 11) is 0. The normalized spacial score (nSPS) is 17.5. The fourth-order valence-corrected chi connectivity index (χ4v) is 2.51. The summed E-state index contributed by atoms with van der Waals surface area (Å²) in [6, 6.07) is -1.11. The van der Waals surface area contributed by atoms with Crippen LogP contribution >= 0.6 is 0 Å². The third kappa shape index (κ3) is 4.53. The number of aliphatic carboxylic acids is 1. The van der Waals surface area contributed by atoms with Gasteiger partial charge in [0.25, 0.3) is 0 Å².